The van der Waals surface area contributed by atoms with Crippen LogP contribution in [0.25, 0.3) is 11.1 Å². The topological polar surface area (TPSA) is 57.9 Å². The van der Waals surface area contributed by atoms with Crippen molar-refractivity contribution in [3.05, 3.63) is 66.0 Å². The van der Waals surface area contributed by atoms with Gasteiger partial charge in [0.2, 0.25) is 11.8 Å². The second-order valence-corrected chi connectivity index (χ2v) is 7.31. The normalized spacial score (nSPS) is 16.9. The van der Waals surface area contributed by atoms with E-state index in [1.54, 1.807) is 20.3 Å². The Kier molecular flexibility index (Phi) is 4.54. The molecule has 1 atom stereocenters. The minimum atomic E-state index is -0.282. The number of ether oxygens (including phenoxy) is 4. The monoisotopic (exact) mass is 404 g/mol. The lowest BCUT2D eigenvalue weighted by atomic mass is 10.0. The number of para-hydroxylation sites is 1. The fourth-order valence-electron chi connectivity index (χ4n) is 4.17. The molecule has 30 heavy (non-hydrogen) atoms. The molecule has 5 rings (SSSR count). The molecule has 0 saturated carbocycles. The number of methoxy groups -OCH3 is 2. The van der Waals surface area contributed by atoms with Crippen molar-refractivity contribution in [3.8, 4) is 34.1 Å². The molecule has 6 nitrogen and oxygen atoms in total. The summed E-state index contributed by atoms with van der Waals surface area (Å²) in [7, 11) is 3.18. The lowest BCUT2D eigenvalue weighted by Crippen LogP contribution is -2.42. The van der Waals surface area contributed by atoms with Gasteiger partial charge < -0.3 is 18.9 Å². The van der Waals surface area contributed by atoms with Gasteiger partial charge in [-0.25, -0.2) is 0 Å². The minimum absolute atomic E-state index is 0.0810. The van der Waals surface area contributed by atoms with Gasteiger partial charge in [-0.05, 0) is 29.3 Å². The zero-order chi connectivity index (χ0) is 20.7. The minimum Gasteiger partial charge on any atom is -0.493 e. The zero-order valence-corrected chi connectivity index (χ0v) is 16.9. The molecule has 0 N–H and O–H groups in total. The number of hydrogen-bond acceptors (Lipinski definition) is 5. The highest BCUT2D eigenvalue weighted by Gasteiger charge is 2.38. The summed E-state index contributed by atoms with van der Waals surface area (Å²) in [4.78, 5) is 13.1. The molecule has 0 spiro atoms. The van der Waals surface area contributed by atoms with E-state index >= 15 is 0 Å². The third kappa shape index (κ3) is 2.96. The molecule has 0 bridgehead atoms. The van der Waals surface area contributed by atoms with Crippen molar-refractivity contribution in [2.75, 3.05) is 27.4 Å². The number of carbonyl (C=O) groups is 1. The maximum Gasteiger partial charge on any atom is 0.231 e. The maximum atomic E-state index is 13.1. The van der Waals surface area contributed by atoms with E-state index in [2.05, 4.69) is 0 Å². The van der Waals surface area contributed by atoms with Crippen molar-refractivity contribution in [2.45, 2.75) is 12.5 Å². The van der Waals surface area contributed by atoms with Gasteiger partial charge in [0.25, 0.3) is 0 Å². The Bertz CT molecular complexity index is 1120. The van der Waals surface area contributed by atoms with Crippen LogP contribution in [0.15, 0.2) is 54.9 Å². The van der Waals surface area contributed by atoms with Gasteiger partial charge in [-0.15, -0.1) is 0 Å². The van der Waals surface area contributed by atoms with E-state index in [0.29, 0.717) is 36.7 Å². The van der Waals surface area contributed by atoms with Crippen LogP contribution in [0, 0.1) is 0 Å². The van der Waals surface area contributed by atoms with E-state index in [1.165, 1.54) is 0 Å². The van der Waals surface area contributed by atoms with E-state index in [1.807, 2.05) is 53.4 Å². The van der Waals surface area contributed by atoms with Crippen molar-refractivity contribution in [1.29, 1.82) is 0 Å². The van der Waals surface area contributed by atoms with Crippen LogP contribution in [0.4, 0.5) is 0 Å². The summed E-state index contributed by atoms with van der Waals surface area (Å²) in [5.74, 6) is 2.82. The number of ketones is 1. The Hall–Kier alpha value is -3.54. The van der Waals surface area contributed by atoms with Crippen LogP contribution in [0.2, 0.25) is 0 Å². The van der Waals surface area contributed by atoms with Crippen LogP contribution in [0.3, 0.4) is 0 Å². The average molecular weight is 404 g/mol. The Labute approximate surface area is 174 Å². The van der Waals surface area contributed by atoms with Crippen molar-refractivity contribution in [3.63, 3.8) is 0 Å². The number of hydrogen-bond donors (Lipinski definition) is 0. The first-order chi connectivity index (χ1) is 14.7. The third-order valence-electron chi connectivity index (χ3n) is 5.68. The summed E-state index contributed by atoms with van der Waals surface area (Å²) in [5.41, 5.74) is 3.66. The van der Waals surface area contributed by atoms with E-state index in [-0.39, 0.29) is 11.8 Å². The Morgan fingerprint density at radius 2 is 1.67 bits per heavy atom. The van der Waals surface area contributed by atoms with Gasteiger partial charge in [0.05, 0.1) is 14.2 Å². The number of carbonyl (C=O) groups excluding carboxylic acids is 1. The standard InChI is InChI=1S/C24H22NO5/c1-27-21-13-16-12-19(23(26)18(16)14-22(21)28-2)25-8-6-15(7-9-25)17-4-3-5-20-24(17)30-11-10-29-20/h3-9,13-14,19H,10-12H2,1-2H3/q+1. The Morgan fingerprint density at radius 3 is 2.43 bits per heavy atom. The van der Waals surface area contributed by atoms with Crippen LogP contribution < -0.4 is 23.5 Å². The van der Waals surface area contributed by atoms with Crippen LogP contribution in [-0.4, -0.2) is 33.2 Å². The first-order valence-electron chi connectivity index (χ1n) is 9.88. The molecule has 0 amide bonds. The van der Waals surface area contributed by atoms with Crippen molar-refractivity contribution >= 4 is 5.78 Å². The molecule has 6 heteroatoms. The molecule has 2 aliphatic rings. The van der Waals surface area contributed by atoms with E-state index in [0.717, 1.165) is 28.2 Å². The number of pyridine rings is 1. The summed E-state index contributed by atoms with van der Waals surface area (Å²) in [5, 5.41) is 0. The molecule has 1 aliphatic heterocycles. The van der Waals surface area contributed by atoms with E-state index in [4.69, 9.17) is 18.9 Å². The lowest BCUT2D eigenvalue weighted by Gasteiger charge is -2.20. The highest BCUT2D eigenvalue weighted by atomic mass is 16.6. The van der Waals surface area contributed by atoms with Gasteiger partial charge in [0, 0.05) is 29.7 Å². The molecule has 1 aromatic heterocycles. The fourth-order valence-corrected chi connectivity index (χ4v) is 4.17. The molecular weight excluding hydrogens is 382 g/mol. The molecule has 2 heterocycles. The van der Waals surface area contributed by atoms with Crippen molar-refractivity contribution in [2.24, 2.45) is 0 Å². The number of aromatic nitrogens is 1. The third-order valence-corrected chi connectivity index (χ3v) is 5.68. The smallest absolute Gasteiger partial charge is 0.231 e. The summed E-state index contributed by atoms with van der Waals surface area (Å²) < 4.78 is 24.2. The van der Waals surface area contributed by atoms with Crippen molar-refractivity contribution < 1.29 is 28.3 Å². The van der Waals surface area contributed by atoms with Gasteiger partial charge in [-0.2, -0.15) is 4.57 Å². The van der Waals surface area contributed by atoms with Crippen LogP contribution in [0.1, 0.15) is 22.0 Å². The van der Waals surface area contributed by atoms with E-state index in [9.17, 15) is 4.79 Å². The predicted molar refractivity (Wildman–Crippen MR) is 110 cm³/mol. The van der Waals surface area contributed by atoms with Gasteiger partial charge in [-0.3, -0.25) is 4.79 Å². The van der Waals surface area contributed by atoms with Crippen LogP contribution >= 0.6 is 0 Å². The number of Topliss-reactive ketones (excluding diaryl/α,β-unsaturated/α-hetero) is 1. The molecule has 0 radical (unpaired) electrons. The van der Waals surface area contributed by atoms with Crippen LogP contribution in [0.5, 0.6) is 23.0 Å². The number of rotatable bonds is 4. The first kappa shape index (κ1) is 18.5. The first-order valence-corrected chi connectivity index (χ1v) is 9.88. The Morgan fingerprint density at radius 1 is 0.933 bits per heavy atom. The maximum absolute atomic E-state index is 13.1. The highest BCUT2D eigenvalue weighted by Crippen LogP contribution is 2.40. The molecule has 1 unspecified atom stereocenters. The summed E-state index contributed by atoms with van der Waals surface area (Å²) in [6, 6.07) is 13.3. The molecule has 1 aliphatic carbocycles. The van der Waals surface area contributed by atoms with Gasteiger partial charge >= 0.3 is 0 Å². The van der Waals surface area contributed by atoms with Gasteiger partial charge in [0.15, 0.2) is 35.4 Å². The molecule has 0 fully saturated rings. The molecule has 152 valence electrons. The molecule has 0 saturated heterocycles. The molecule has 3 aromatic rings. The second kappa shape index (κ2) is 7.37. The molecule has 2 aromatic carbocycles. The largest absolute Gasteiger partial charge is 0.493 e. The lowest BCUT2D eigenvalue weighted by molar-refractivity contribution is -0.706. The molecular formula is C24H22NO5+. The quantitative estimate of drug-likeness (QED) is 0.624. The number of nitrogens with zero attached hydrogens (tertiary/aromatic N) is 1. The van der Waals surface area contributed by atoms with Crippen LogP contribution in [-0.2, 0) is 6.42 Å². The number of benzene rings is 2. The Balaban J connectivity index is 1.45. The average Bonchev–Trinajstić information content (AvgIpc) is 3.13. The van der Waals surface area contributed by atoms with E-state index < -0.39 is 0 Å². The second-order valence-electron chi connectivity index (χ2n) is 7.31. The fraction of sp³-hybridized carbons (Fsp3) is 0.250. The van der Waals surface area contributed by atoms with Crippen molar-refractivity contribution in [1.82, 2.24) is 0 Å². The predicted octanol–water partition coefficient (Wildman–Crippen LogP) is 3.41. The van der Waals surface area contributed by atoms with Gasteiger partial charge in [-0.1, -0.05) is 12.1 Å². The zero-order valence-electron chi connectivity index (χ0n) is 16.9. The summed E-state index contributed by atoms with van der Waals surface area (Å²) >= 11 is 0. The summed E-state index contributed by atoms with van der Waals surface area (Å²) in [6.07, 6.45) is 4.51. The van der Waals surface area contributed by atoms with Gasteiger partial charge in [0.1, 0.15) is 13.2 Å². The number of fused-ring (bicyclic) bond motifs is 2. The highest BCUT2D eigenvalue weighted by molar-refractivity contribution is 6.03. The summed E-state index contributed by atoms with van der Waals surface area (Å²) in [6.45, 7) is 1.10. The SMILES string of the molecule is COc1cc2c(cc1OC)C(=O)C([n+]1ccc(-c3cccc4c3OCCO4)cc1)C2.